The van der Waals surface area contributed by atoms with E-state index in [2.05, 4.69) is 5.16 Å². The second-order valence-electron chi connectivity index (χ2n) is 2.81. The van der Waals surface area contributed by atoms with Crippen molar-refractivity contribution in [2.75, 3.05) is 0 Å². The number of rotatable bonds is 1. The molecule has 66 valence electrons. The van der Waals surface area contributed by atoms with Crippen LogP contribution in [0.3, 0.4) is 0 Å². The van der Waals surface area contributed by atoms with E-state index in [0.717, 1.165) is 11.3 Å². The van der Waals surface area contributed by atoms with E-state index < -0.39 is 0 Å². The SMILES string of the molecule is Cc1cc(-c2ccccc2Cl)on1. The summed E-state index contributed by atoms with van der Waals surface area (Å²) in [4.78, 5) is 0. The summed E-state index contributed by atoms with van der Waals surface area (Å²) in [7, 11) is 0. The summed E-state index contributed by atoms with van der Waals surface area (Å²) in [5.74, 6) is 0.711. The quantitative estimate of drug-likeness (QED) is 0.695. The average Bonchev–Trinajstić information content (AvgIpc) is 2.53. The zero-order valence-electron chi connectivity index (χ0n) is 7.12. The van der Waals surface area contributed by atoms with Crippen LogP contribution >= 0.6 is 11.6 Å². The highest BCUT2D eigenvalue weighted by molar-refractivity contribution is 6.33. The predicted octanol–water partition coefficient (Wildman–Crippen LogP) is 3.30. The molecule has 0 atom stereocenters. The second kappa shape index (κ2) is 3.23. The summed E-state index contributed by atoms with van der Waals surface area (Å²) in [5.41, 5.74) is 1.74. The Balaban J connectivity index is 2.52. The first-order chi connectivity index (χ1) is 6.27. The molecule has 2 aromatic rings. The van der Waals surface area contributed by atoms with Crippen molar-refractivity contribution in [3.8, 4) is 11.3 Å². The van der Waals surface area contributed by atoms with Gasteiger partial charge in [-0.3, -0.25) is 0 Å². The highest BCUT2D eigenvalue weighted by Gasteiger charge is 2.06. The van der Waals surface area contributed by atoms with Crippen LogP contribution in [0.2, 0.25) is 5.02 Å². The molecular formula is C10H8ClNO. The summed E-state index contributed by atoms with van der Waals surface area (Å²) in [6.45, 7) is 1.88. The molecule has 0 spiro atoms. The third kappa shape index (κ3) is 1.58. The fraction of sp³-hybridized carbons (Fsp3) is 0.100. The van der Waals surface area contributed by atoms with Gasteiger partial charge in [0.2, 0.25) is 0 Å². The number of benzene rings is 1. The van der Waals surface area contributed by atoms with Gasteiger partial charge in [-0.05, 0) is 19.1 Å². The Hall–Kier alpha value is -1.28. The molecule has 1 aromatic carbocycles. The van der Waals surface area contributed by atoms with E-state index in [4.69, 9.17) is 16.1 Å². The van der Waals surface area contributed by atoms with Gasteiger partial charge in [0.05, 0.1) is 10.7 Å². The van der Waals surface area contributed by atoms with E-state index in [1.165, 1.54) is 0 Å². The van der Waals surface area contributed by atoms with Crippen molar-refractivity contribution in [2.24, 2.45) is 0 Å². The molecule has 2 rings (SSSR count). The van der Waals surface area contributed by atoms with E-state index in [9.17, 15) is 0 Å². The highest BCUT2D eigenvalue weighted by atomic mass is 35.5. The van der Waals surface area contributed by atoms with Crippen LogP contribution in [-0.4, -0.2) is 5.16 Å². The van der Waals surface area contributed by atoms with Crippen molar-refractivity contribution in [2.45, 2.75) is 6.92 Å². The molecule has 0 N–H and O–H groups in total. The van der Waals surface area contributed by atoms with Crippen LogP contribution in [0.4, 0.5) is 0 Å². The van der Waals surface area contributed by atoms with Crippen LogP contribution in [0.5, 0.6) is 0 Å². The van der Waals surface area contributed by atoms with E-state index >= 15 is 0 Å². The molecule has 0 unspecified atom stereocenters. The van der Waals surface area contributed by atoms with Gasteiger partial charge in [0.1, 0.15) is 0 Å². The van der Waals surface area contributed by atoms with Gasteiger partial charge in [0.15, 0.2) is 5.76 Å². The van der Waals surface area contributed by atoms with Crippen molar-refractivity contribution in [1.82, 2.24) is 5.16 Å². The molecule has 2 nitrogen and oxygen atoms in total. The van der Waals surface area contributed by atoms with Gasteiger partial charge < -0.3 is 4.52 Å². The zero-order valence-corrected chi connectivity index (χ0v) is 7.88. The molecular weight excluding hydrogens is 186 g/mol. The largest absolute Gasteiger partial charge is 0.356 e. The van der Waals surface area contributed by atoms with Crippen LogP contribution in [0, 0.1) is 6.92 Å². The number of hydrogen-bond acceptors (Lipinski definition) is 2. The first kappa shape index (κ1) is 8.32. The first-order valence-electron chi connectivity index (χ1n) is 3.95. The number of nitrogens with zero attached hydrogens (tertiary/aromatic N) is 1. The summed E-state index contributed by atoms with van der Waals surface area (Å²) >= 11 is 5.98. The maximum Gasteiger partial charge on any atom is 0.168 e. The van der Waals surface area contributed by atoms with Crippen molar-refractivity contribution in [1.29, 1.82) is 0 Å². The van der Waals surface area contributed by atoms with Gasteiger partial charge in [-0.25, -0.2) is 0 Å². The molecule has 0 aliphatic rings. The monoisotopic (exact) mass is 193 g/mol. The Morgan fingerprint density at radius 3 is 2.69 bits per heavy atom. The third-order valence-electron chi connectivity index (χ3n) is 1.77. The Kier molecular flexibility index (Phi) is 2.07. The van der Waals surface area contributed by atoms with Crippen LogP contribution < -0.4 is 0 Å². The van der Waals surface area contributed by atoms with Crippen molar-refractivity contribution in [3.63, 3.8) is 0 Å². The molecule has 0 saturated heterocycles. The van der Waals surface area contributed by atoms with Gasteiger partial charge >= 0.3 is 0 Å². The maximum absolute atomic E-state index is 5.98. The molecule has 0 bridgehead atoms. The number of aromatic nitrogens is 1. The van der Waals surface area contributed by atoms with E-state index in [1.807, 2.05) is 37.3 Å². The molecule has 0 radical (unpaired) electrons. The van der Waals surface area contributed by atoms with Crippen LogP contribution in [0.1, 0.15) is 5.69 Å². The summed E-state index contributed by atoms with van der Waals surface area (Å²) in [6.07, 6.45) is 0. The van der Waals surface area contributed by atoms with Crippen LogP contribution in [0.25, 0.3) is 11.3 Å². The third-order valence-corrected chi connectivity index (χ3v) is 2.10. The summed E-state index contributed by atoms with van der Waals surface area (Å²) in [5, 5.41) is 4.48. The van der Waals surface area contributed by atoms with E-state index in [0.29, 0.717) is 10.8 Å². The molecule has 1 heterocycles. The molecule has 0 aliphatic heterocycles. The van der Waals surface area contributed by atoms with Gasteiger partial charge in [-0.1, -0.05) is 28.9 Å². The molecule has 1 aromatic heterocycles. The fourth-order valence-corrected chi connectivity index (χ4v) is 1.38. The normalized spacial score (nSPS) is 10.3. The summed E-state index contributed by atoms with van der Waals surface area (Å²) < 4.78 is 5.10. The topological polar surface area (TPSA) is 26.0 Å². The highest BCUT2D eigenvalue weighted by Crippen LogP contribution is 2.27. The lowest BCUT2D eigenvalue weighted by atomic mass is 10.2. The minimum Gasteiger partial charge on any atom is -0.356 e. The van der Waals surface area contributed by atoms with Gasteiger partial charge in [0.25, 0.3) is 0 Å². The van der Waals surface area contributed by atoms with Crippen molar-refractivity contribution >= 4 is 11.6 Å². The number of hydrogen-bond donors (Lipinski definition) is 0. The molecule has 0 amide bonds. The van der Waals surface area contributed by atoms with Gasteiger partial charge in [-0.15, -0.1) is 0 Å². The molecule has 0 saturated carbocycles. The minimum absolute atomic E-state index is 0.679. The van der Waals surface area contributed by atoms with Crippen molar-refractivity contribution in [3.05, 3.63) is 41.0 Å². The Morgan fingerprint density at radius 2 is 2.08 bits per heavy atom. The molecule has 0 fully saturated rings. The lowest BCUT2D eigenvalue weighted by Gasteiger charge is -1.96. The number of halogens is 1. The predicted molar refractivity (Wildman–Crippen MR) is 51.7 cm³/mol. The molecule has 13 heavy (non-hydrogen) atoms. The second-order valence-corrected chi connectivity index (χ2v) is 3.22. The lowest BCUT2D eigenvalue weighted by Crippen LogP contribution is -1.74. The Morgan fingerprint density at radius 1 is 1.31 bits per heavy atom. The minimum atomic E-state index is 0.679. The van der Waals surface area contributed by atoms with Crippen LogP contribution in [-0.2, 0) is 0 Å². The molecule has 0 aliphatic carbocycles. The van der Waals surface area contributed by atoms with E-state index in [1.54, 1.807) is 0 Å². The average molecular weight is 194 g/mol. The van der Waals surface area contributed by atoms with Gasteiger partial charge in [-0.2, -0.15) is 0 Å². The standard InChI is InChI=1S/C10H8ClNO/c1-7-6-10(13-12-7)8-4-2-3-5-9(8)11/h2-6H,1H3. The zero-order chi connectivity index (χ0) is 9.26. The Bertz CT molecular complexity index is 422. The first-order valence-corrected chi connectivity index (χ1v) is 4.33. The fourth-order valence-electron chi connectivity index (χ4n) is 1.15. The van der Waals surface area contributed by atoms with Crippen LogP contribution in [0.15, 0.2) is 34.9 Å². The number of aryl methyl sites for hydroxylation is 1. The smallest absolute Gasteiger partial charge is 0.168 e. The lowest BCUT2D eigenvalue weighted by molar-refractivity contribution is 0.427. The summed E-state index contributed by atoms with van der Waals surface area (Å²) in [6, 6.07) is 9.40. The van der Waals surface area contributed by atoms with Crippen molar-refractivity contribution < 1.29 is 4.52 Å². The van der Waals surface area contributed by atoms with E-state index in [-0.39, 0.29) is 0 Å². The Labute approximate surface area is 81.1 Å². The maximum atomic E-state index is 5.98. The molecule has 3 heteroatoms. The van der Waals surface area contributed by atoms with Gasteiger partial charge in [0, 0.05) is 11.6 Å².